The number of anilines is 1. The van der Waals surface area contributed by atoms with Crippen molar-refractivity contribution in [2.24, 2.45) is 5.41 Å². The van der Waals surface area contributed by atoms with Gasteiger partial charge in [-0.05, 0) is 11.8 Å². The molecule has 0 aliphatic rings. The summed E-state index contributed by atoms with van der Waals surface area (Å²) in [6.45, 7) is 3.64. The maximum Gasteiger partial charge on any atom is 0.303 e. The van der Waals surface area contributed by atoms with Crippen molar-refractivity contribution in [2.45, 2.75) is 33.1 Å². The quantitative estimate of drug-likeness (QED) is 0.753. The fourth-order valence-electron chi connectivity index (χ4n) is 2.22. The molecule has 0 radical (unpaired) electrons. The molecule has 0 unspecified atom stereocenters. The number of benzene rings is 1. The van der Waals surface area contributed by atoms with Crippen LogP contribution in [-0.2, 0) is 9.59 Å². The highest BCUT2D eigenvalue weighted by atomic mass is 35.5. The number of amides is 1. The molecule has 0 aliphatic heterocycles. The molecule has 7 heteroatoms. The Bertz CT molecular complexity index is 590. The summed E-state index contributed by atoms with van der Waals surface area (Å²) in [5, 5.41) is 12.1. The number of carboxylic acid groups (broad SMARTS) is 1. The summed E-state index contributed by atoms with van der Waals surface area (Å²) in [6.07, 6.45) is 0.593. The van der Waals surface area contributed by atoms with Crippen LogP contribution in [0.4, 0.5) is 5.69 Å². The summed E-state index contributed by atoms with van der Waals surface area (Å²) in [6, 6.07) is 3.12. The average molecular weight is 344 g/mol. The van der Waals surface area contributed by atoms with E-state index in [1.54, 1.807) is 19.1 Å². The Morgan fingerprint density at radius 1 is 1.22 bits per heavy atom. The minimum atomic E-state index is -0.923. The van der Waals surface area contributed by atoms with Gasteiger partial charge in [0.2, 0.25) is 5.91 Å². The van der Waals surface area contributed by atoms with Crippen molar-refractivity contribution in [1.29, 1.82) is 0 Å². The van der Waals surface area contributed by atoms with Gasteiger partial charge in [0.15, 0.2) is 0 Å². The Hall–Kier alpha value is -1.95. The number of aliphatic carboxylic acids is 1. The molecule has 0 saturated heterocycles. The van der Waals surface area contributed by atoms with E-state index in [1.807, 2.05) is 6.92 Å². The second kappa shape index (κ2) is 8.06. The largest absolute Gasteiger partial charge is 0.495 e. The highest BCUT2D eigenvalue weighted by Gasteiger charge is 2.29. The Kier molecular flexibility index (Phi) is 6.69. The Morgan fingerprint density at radius 3 is 2.30 bits per heavy atom. The number of carboxylic acids is 1. The predicted molar refractivity (Wildman–Crippen MR) is 88.5 cm³/mol. The lowest BCUT2D eigenvalue weighted by Gasteiger charge is -2.25. The first-order valence-corrected chi connectivity index (χ1v) is 7.55. The lowest BCUT2D eigenvalue weighted by atomic mass is 9.80. The molecule has 0 aromatic heterocycles. The number of rotatable bonds is 8. The second-order valence-electron chi connectivity index (χ2n) is 5.65. The molecular formula is C16H22ClNO5. The molecule has 0 bridgehead atoms. The van der Waals surface area contributed by atoms with E-state index in [0.717, 1.165) is 0 Å². The van der Waals surface area contributed by atoms with Crippen molar-refractivity contribution < 1.29 is 24.2 Å². The van der Waals surface area contributed by atoms with Gasteiger partial charge in [-0.3, -0.25) is 9.59 Å². The number of carbonyl (C=O) groups is 2. The zero-order valence-corrected chi connectivity index (χ0v) is 14.5. The number of hydrogen-bond acceptors (Lipinski definition) is 4. The van der Waals surface area contributed by atoms with E-state index >= 15 is 0 Å². The fraction of sp³-hybridized carbons (Fsp3) is 0.500. The molecule has 128 valence electrons. The van der Waals surface area contributed by atoms with Crippen LogP contribution >= 0.6 is 11.6 Å². The number of halogens is 1. The monoisotopic (exact) mass is 343 g/mol. The standard InChI is InChI=1S/C16H22ClNO5/c1-5-16(2,9-15(20)21)8-14(19)18-11-7-12(22-3)10(17)6-13(11)23-4/h6-7H,5,8-9H2,1-4H3,(H,18,19)(H,20,21)/t16-/m0/s1. The molecule has 6 nitrogen and oxygen atoms in total. The predicted octanol–water partition coefficient (Wildman–Crippen LogP) is 3.58. The number of nitrogens with one attached hydrogen (secondary N) is 1. The van der Waals surface area contributed by atoms with Crippen molar-refractivity contribution in [3.8, 4) is 11.5 Å². The van der Waals surface area contributed by atoms with Gasteiger partial charge in [0.05, 0.1) is 31.4 Å². The van der Waals surface area contributed by atoms with Gasteiger partial charge in [0.1, 0.15) is 11.5 Å². The minimum Gasteiger partial charge on any atom is -0.495 e. The van der Waals surface area contributed by atoms with E-state index in [9.17, 15) is 9.59 Å². The summed E-state index contributed by atoms with van der Waals surface area (Å²) in [4.78, 5) is 23.2. The normalized spacial score (nSPS) is 13.1. The smallest absolute Gasteiger partial charge is 0.303 e. The van der Waals surface area contributed by atoms with Crippen LogP contribution in [-0.4, -0.2) is 31.2 Å². The SMILES string of the molecule is CC[C@](C)(CC(=O)O)CC(=O)Nc1cc(OC)c(Cl)cc1OC. The number of methoxy groups -OCH3 is 2. The van der Waals surface area contributed by atoms with E-state index in [2.05, 4.69) is 5.32 Å². The van der Waals surface area contributed by atoms with Crippen molar-refractivity contribution in [3.05, 3.63) is 17.2 Å². The first kappa shape index (κ1) is 19.1. The lowest BCUT2D eigenvalue weighted by molar-refractivity contribution is -0.140. The Morgan fingerprint density at radius 2 is 1.83 bits per heavy atom. The van der Waals surface area contributed by atoms with Crippen molar-refractivity contribution >= 4 is 29.2 Å². The number of ether oxygens (including phenoxy) is 2. The van der Waals surface area contributed by atoms with Gasteiger partial charge in [-0.2, -0.15) is 0 Å². The first-order chi connectivity index (χ1) is 10.7. The summed E-state index contributed by atoms with van der Waals surface area (Å²) in [5.41, 5.74) is -0.188. The maximum absolute atomic E-state index is 12.3. The van der Waals surface area contributed by atoms with Crippen LogP contribution < -0.4 is 14.8 Å². The molecule has 23 heavy (non-hydrogen) atoms. The molecular weight excluding hydrogens is 322 g/mol. The van der Waals surface area contributed by atoms with Crippen LogP contribution in [0, 0.1) is 5.41 Å². The fourth-order valence-corrected chi connectivity index (χ4v) is 2.45. The van der Waals surface area contributed by atoms with Gasteiger partial charge >= 0.3 is 5.97 Å². The van der Waals surface area contributed by atoms with Crippen LogP contribution in [0.15, 0.2) is 12.1 Å². The third-order valence-electron chi connectivity index (χ3n) is 3.77. The molecule has 2 N–H and O–H groups in total. The van der Waals surface area contributed by atoms with Crippen molar-refractivity contribution in [1.82, 2.24) is 0 Å². The van der Waals surface area contributed by atoms with Crippen LogP contribution in [0.2, 0.25) is 5.02 Å². The summed E-state index contributed by atoms with van der Waals surface area (Å²) in [7, 11) is 2.94. The maximum atomic E-state index is 12.3. The molecule has 1 rings (SSSR count). The number of carbonyl (C=O) groups excluding carboxylic acids is 1. The van der Waals surface area contributed by atoms with Gasteiger partial charge in [0, 0.05) is 18.6 Å². The zero-order chi connectivity index (χ0) is 17.6. The number of hydrogen-bond donors (Lipinski definition) is 2. The van der Waals surface area contributed by atoms with E-state index in [1.165, 1.54) is 14.2 Å². The lowest BCUT2D eigenvalue weighted by Crippen LogP contribution is -2.27. The highest BCUT2D eigenvalue weighted by Crippen LogP contribution is 2.37. The van der Waals surface area contributed by atoms with E-state index in [-0.39, 0.29) is 18.7 Å². The zero-order valence-electron chi connectivity index (χ0n) is 13.7. The van der Waals surface area contributed by atoms with Crippen molar-refractivity contribution in [3.63, 3.8) is 0 Å². The van der Waals surface area contributed by atoms with Crippen LogP contribution in [0.5, 0.6) is 11.5 Å². The molecule has 0 fully saturated rings. The van der Waals surface area contributed by atoms with Gasteiger partial charge in [0.25, 0.3) is 0 Å². The van der Waals surface area contributed by atoms with E-state index in [0.29, 0.717) is 28.6 Å². The van der Waals surface area contributed by atoms with Crippen LogP contribution in [0.1, 0.15) is 33.1 Å². The first-order valence-electron chi connectivity index (χ1n) is 7.18. The van der Waals surface area contributed by atoms with Gasteiger partial charge < -0.3 is 19.9 Å². The van der Waals surface area contributed by atoms with Gasteiger partial charge in [-0.25, -0.2) is 0 Å². The molecule has 0 aliphatic carbocycles. The molecule has 1 amide bonds. The summed E-state index contributed by atoms with van der Waals surface area (Å²) >= 11 is 6.02. The third-order valence-corrected chi connectivity index (χ3v) is 4.06. The van der Waals surface area contributed by atoms with Gasteiger partial charge in [-0.1, -0.05) is 25.4 Å². The van der Waals surface area contributed by atoms with Crippen LogP contribution in [0.3, 0.4) is 0 Å². The van der Waals surface area contributed by atoms with Crippen molar-refractivity contribution in [2.75, 3.05) is 19.5 Å². The van der Waals surface area contributed by atoms with Crippen LogP contribution in [0.25, 0.3) is 0 Å². The molecule has 0 spiro atoms. The highest BCUT2D eigenvalue weighted by molar-refractivity contribution is 6.32. The molecule has 1 aromatic rings. The molecule has 0 saturated carbocycles. The van der Waals surface area contributed by atoms with E-state index in [4.69, 9.17) is 26.2 Å². The molecule has 1 aromatic carbocycles. The third kappa shape index (κ3) is 5.32. The molecule has 0 heterocycles. The Balaban J connectivity index is 2.94. The Labute approximate surface area is 140 Å². The summed E-state index contributed by atoms with van der Waals surface area (Å²) in [5.74, 6) is -0.404. The second-order valence-corrected chi connectivity index (χ2v) is 6.05. The molecule has 1 atom stereocenters. The van der Waals surface area contributed by atoms with E-state index < -0.39 is 11.4 Å². The average Bonchev–Trinajstić information content (AvgIpc) is 2.47. The summed E-state index contributed by atoms with van der Waals surface area (Å²) < 4.78 is 10.3. The topological polar surface area (TPSA) is 84.9 Å². The van der Waals surface area contributed by atoms with Gasteiger partial charge in [-0.15, -0.1) is 0 Å². The minimum absolute atomic E-state index is 0.0714.